The zero-order valence-corrected chi connectivity index (χ0v) is 18.0. The molecule has 3 rings (SSSR count). The van der Waals surface area contributed by atoms with Gasteiger partial charge < -0.3 is 20.6 Å². The molecule has 1 aromatic carbocycles. The fourth-order valence-electron chi connectivity index (χ4n) is 4.47. The summed E-state index contributed by atoms with van der Waals surface area (Å²) >= 11 is 0. The molecule has 0 unspecified atom stereocenters. The molecule has 0 aliphatic carbocycles. The molecule has 2 aromatic rings. The lowest BCUT2D eigenvalue weighted by Crippen LogP contribution is -2.43. The van der Waals surface area contributed by atoms with E-state index in [9.17, 15) is 9.59 Å². The molecule has 4 N–H and O–H groups in total. The molecule has 0 spiro atoms. The minimum absolute atomic E-state index is 0.0455. The molecule has 1 aromatic heterocycles. The van der Waals surface area contributed by atoms with Crippen LogP contribution in [0.1, 0.15) is 50.8 Å². The summed E-state index contributed by atoms with van der Waals surface area (Å²) in [7, 11) is 1.99. The summed E-state index contributed by atoms with van der Waals surface area (Å²) in [4.78, 5) is 26.3. The number of aromatic nitrogens is 1. The normalized spacial score (nSPS) is 17.3. The Kier molecular flexibility index (Phi) is 6.39. The zero-order valence-electron chi connectivity index (χ0n) is 18.0. The number of Topliss-reactive ketones (excluding diaryl/α,β-unsaturated/α-hetero) is 1. The summed E-state index contributed by atoms with van der Waals surface area (Å²) in [5.41, 5.74) is 8.59. The van der Waals surface area contributed by atoms with E-state index in [1.807, 2.05) is 32.2 Å². The van der Waals surface area contributed by atoms with E-state index in [1.54, 1.807) is 4.90 Å². The first kappa shape index (κ1) is 21.7. The average molecular weight is 410 g/mol. The van der Waals surface area contributed by atoms with Crippen molar-refractivity contribution in [2.24, 2.45) is 18.7 Å². The van der Waals surface area contributed by atoms with Gasteiger partial charge in [-0.25, -0.2) is 0 Å². The average Bonchev–Trinajstić information content (AvgIpc) is 3.33. The topological polar surface area (TPSA) is 116 Å². The molecule has 30 heavy (non-hydrogen) atoms. The van der Waals surface area contributed by atoms with Crippen LogP contribution in [-0.4, -0.2) is 45.3 Å². The second kappa shape index (κ2) is 8.81. The van der Waals surface area contributed by atoms with Crippen LogP contribution in [0, 0.1) is 16.7 Å². The standard InChI is InChI=1S/C23H31N5O2/c1-4-15(21(24)22(30)19-6-5-11-28(19)14(2)29)9-10-18-12-16-7-8-17(23(25)26)13-20(16)27(18)3/h7-8,12-13,15,19,24H,4-6,9-11H2,1-3H3,(H3,25,26)/t15-,19+/m0/s1. The van der Waals surface area contributed by atoms with E-state index >= 15 is 0 Å². The van der Waals surface area contributed by atoms with Gasteiger partial charge in [0.15, 0.2) is 5.78 Å². The van der Waals surface area contributed by atoms with E-state index in [0.717, 1.165) is 35.9 Å². The molecule has 1 saturated heterocycles. The van der Waals surface area contributed by atoms with Gasteiger partial charge in [-0.2, -0.15) is 0 Å². The van der Waals surface area contributed by atoms with E-state index in [0.29, 0.717) is 24.9 Å². The molecule has 1 fully saturated rings. The molecule has 0 radical (unpaired) electrons. The summed E-state index contributed by atoms with van der Waals surface area (Å²) < 4.78 is 2.09. The van der Waals surface area contributed by atoms with Crippen molar-refractivity contribution in [1.82, 2.24) is 9.47 Å². The minimum Gasteiger partial charge on any atom is -0.384 e. The van der Waals surface area contributed by atoms with E-state index < -0.39 is 6.04 Å². The lowest BCUT2D eigenvalue weighted by atomic mass is 9.89. The highest BCUT2D eigenvalue weighted by Crippen LogP contribution is 2.25. The van der Waals surface area contributed by atoms with Crippen LogP contribution in [0.15, 0.2) is 24.3 Å². The Morgan fingerprint density at radius 2 is 2.00 bits per heavy atom. The number of hydrogen-bond acceptors (Lipinski definition) is 4. The maximum absolute atomic E-state index is 12.9. The molecule has 1 amide bonds. The third-order valence-corrected chi connectivity index (χ3v) is 6.33. The smallest absolute Gasteiger partial charge is 0.220 e. The Bertz CT molecular complexity index is 1010. The highest BCUT2D eigenvalue weighted by molar-refractivity contribution is 6.41. The Morgan fingerprint density at radius 3 is 2.63 bits per heavy atom. The van der Waals surface area contributed by atoms with Crippen LogP contribution in [0.4, 0.5) is 0 Å². The molecular formula is C23H31N5O2. The van der Waals surface area contributed by atoms with Crippen molar-refractivity contribution in [1.29, 1.82) is 10.8 Å². The summed E-state index contributed by atoms with van der Waals surface area (Å²) in [6.07, 6.45) is 3.64. The fraction of sp³-hybridized carbons (Fsp3) is 0.478. The lowest BCUT2D eigenvalue weighted by Gasteiger charge is -2.24. The van der Waals surface area contributed by atoms with Gasteiger partial charge >= 0.3 is 0 Å². The third-order valence-electron chi connectivity index (χ3n) is 6.33. The SMILES string of the molecule is CC[C@@H](CCc1cc2ccc(C(=N)N)cc2n1C)C(=N)C(=O)[C@H]1CCCN1C(C)=O. The summed E-state index contributed by atoms with van der Waals surface area (Å²) in [6.45, 7) is 4.10. The largest absolute Gasteiger partial charge is 0.384 e. The number of rotatable bonds is 8. The van der Waals surface area contributed by atoms with E-state index in [1.165, 1.54) is 6.92 Å². The number of nitrogens with two attached hydrogens (primary N) is 1. The molecule has 2 heterocycles. The number of hydrogen-bond donors (Lipinski definition) is 3. The van der Waals surface area contributed by atoms with Gasteiger partial charge in [0, 0.05) is 43.2 Å². The Morgan fingerprint density at radius 1 is 1.27 bits per heavy atom. The second-order valence-electron chi connectivity index (χ2n) is 8.17. The van der Waals surface area contributed by atoms with Gasteiger partial charge in [0.25, 0.3) is 0 Å². The number of carbonyl (C=O) groups is 2. The molecule has 1 aliphatic rings. The number of benzene rings is 1. The van der Waals surface area contributed by atoms with Gasteiger partial charge in [0.1, 0.15) is 5.84 Å². The molecule has 7 heteroatoms. The number of aryl methyl sites for hydroxylation is 2. The molecule has 0 saturated carbocycles. The van der Waals surface area contributed by atoms with Crippen LogP contribution in [-0.2, 0) is 23.1 Å². The molecule has 1 aliphatic heterocycles. The van der Waals surface area contributed by atoms with E-state index in [-0.39, 0.29) is 29.2 Å². The minimum atomic E-state index is -0.466. The van der Waals surface area contributed by atoms with Crippen molar-refractivity contribution in [3.05, 3.63) is 35.5 Å². The Labute approximate surface area is 177 Å². The van der Waals surface area contributed by atoms with Gasteiger partial charge in [-0.05, 0) is 49.6 Å². The predicted octanol–water partition coefficient (Wildman–Crippen LogP) is 3.02. The summed E-state index contributed by atoms with van der Waals surface area (Å²) in [5.74, 6) is -0.369. The van der Waals surface area contributed by atoms with E-state index in [4.69, 9.17) is 16.6 Å². The van der Waals surface area contributed by atoms with Gasteiger partial charge in [-0.3, -0.25) is 15.0 Å². The van der Waals surface area contributed by atoms with Crippen LogP contribution in [0.5, 0.6) is 0 Å². The van der Waals surface area contributed by atoms with Crippen molar-refractivity contribution in [3.8, 4) is 0 Å². The molecule has 160 valence electrons. The van der Waals surface area contributed by atoms with Gasteiger partial charge in [-0.1, -0.05) is 19.1 Å². The monoisotopic (exact) mass is 409 g/mol. The van der Waals surface area contributed by atoms with Crippen LogP contribution < -0.4 is 5.73 Å². The van der Waals surface area contributed by atoms with Crippen molar-refractivity contribution in [3.63, 3.8) is 0 Å². The number of fused-ring (bicyclic) bond motifs is 1. The fourth-order valence-corrected chi connectivity index (χ4v) is 4.47. The predicted molar refractivity (Wildman–Crippen MR) is 119 cm³/mol. The number of amides is 1. The quantitative estimate of drug-likeness (QED) is 0.459. The number of amidine groups is 1. The van der Waals surface area contributed by atoms with Crippen LogP contribution in [0.3, 0.4) is 0 Å². The van der Waals surface area contributed by atoms with Crippen LogP contribution in [0.25, 0.3) is 10.9 Å². The number of nitrogens with zero attached hydrogens (tertiary/aromatic N) is 2. The maximum Gasteiger partial charge on any atom is 0.220 e. The summed E-state index contributed by atoms with van der Waals surface area (Å²) in [6, 6.07) is 7.38. The second-order valence-corrected chi connectivity index (χ2v) is 8.17. The number of likely N-dealkylation sites (tertiary alicyclic amines) is 1. The zero-order chi connectivity index (χ0) is 22.0. The first-order chi connectivity index (χ1) is 14.2. The number of carbonyl (C=O) groups excluding carboxylic acids is 2. The van der Waals surface area contributed by atoms with Gasteiger partial charge in [0.2, 0.25) is 5.91 Å². The van der Waals surface area contributed by atoms with Crippen molar-refractivity contribution < 1.29 is 9.59 Å². The van der Waals surface area contributed by atoms with Crippen LogP contribution >= 0.6 is 0 Å². The first-order valence-corrected chi connectivity index (χ1v) is 10.6. The molecular weight excluding hydrogens is 378 g/mol. The molecule has 2 atom stereocenters. The highest BCUT2D eigenvalue weighted by Gasteiger charge is 2.35. The number of nitrogen functional groups attached to an aromatic ring is 1. The number of ketones is 1. The highest BCUT2D eigenvalue weighted by atomic mass is 16.2. The van der Waals surface area contributed by atoms with Gasteiger partial charge in [0.05, 0.1) is 11.8 Å². The Balaban J connectivity index is 1.72. The van der Waals surface area contributed by atoms with Gasteiger partial charge in [-0.15, -0.1) is 0 Å². The maximum atomic E-state index is 12.9. The molecule has 0 bridgehead atoms. The lowest BCUT2D eigenvalue weighted by molar-refractivity contribution is -0.133. The first-order valence-electron chi connectivity index (χ1n) is 10.6. The van der Waals surface area contributed by atoms with E-state index in [2.05, 4.69) is 10.6 Å². The third kappa shape index (κ3) is 4.15. The Hall–Kier alpha value is -2.96. The van der Waals surface area contributed by atoms with Crippen molar-refractivity contribution in [2.75, 3.05) is 6.54 Å². The van der Waals surface area contributed by atoms with Crippen LogP contribution in [0.2, 0.25) is 0 Å². The summed E-state index contributed by atoms with van der Waals surface area (Å²) in [5, 5.41) is 17.2. The number of nitrogens with one attached hydrogen (secondary N) is 2. The van der Waals surface area contributed by atoms with Crippen molar-refractivity contribution >= 4 is 34.1 Å². The van der Waals surface area contributed by atoms with Crippen molar-refractivity contribution in [2.45, 2.75) is 52.0 Å². The molecule has 7 nitrogen and oxygen atoms in total.